The number of nitrogens with zero attached hydrogens (tertiary/aromatic N) is 2. The molecule has 9 heteroatoms. The van der Waals surface area contributed by atoms with Gasteiger partial charge in [0.05, 0.1) is 7.11 Å². The summed E-state index contributed by atoms with van der Waals surface area (Å²) in [5.74, 6) is -0.526. The van der Waals surface area contributed by atoms with Crippen LogP contribution in [-0.2, 0) is 11.3 Å². The Labute approximate surface area is 105 Å². The quantitative estimate of drug-likeness (QED) is 0.853. The van der Waals surface area contributed by atoms with Crippen molar-refractivity contribution in [1.82, 2.24) is 9.55 Å². The molecule has 0 saturated heterocycles. The summed E-state index contributed by atoms with van der Waals surface area (Å²) in [7, 11) is 1.18. The molecule has 0 aliphatic rings. The van der Waals surface area contributed by atoms with E-state index in [0.717, 1.165) is 0 Å². The van der Waals surface area contributed by atoms with Gasteiger partial charge in [0.15, 0.2) is 5.69 Å². The molecule has 2 N–H and O–H groups in total. The molecule has 0 spiro atoms. The summed E-state index contributed by atoms with van der Waals surface area (Å²) in [6, 6.07) is 0. The number of anilines is 1. The third-order valence-corrected chi connectivity index (χ3v) is 2.87. The van der Waals surface area contributed by atoms with Crippen molar-refractivity contribution >= 4 is 23.5 Å². The number of thioether (sulfide) groups is 1. The molecule has 0 unspecified atom stereocenters. The summed E-state index contributed by atoms with van der Waals surface area (Å²) < 4.78 is 41.8. The molecule has 0 radical (unpaired) electrons. The van der Waals surface area contributed by atoms with Crippen molar-refractivity contribution in [3.63, 3.8) is 0 Å². The topological polar surface area (TPSA) is 70.1 Å². The van der Waals surface area contributed by atoms with Crippen molar-refractivity contribution in [2.75, 3.05) is 18.6 Å². The Hall–Kier alpha value is -1.38. The van der Waals surface area contributed by atoms with Crippen LogP contribution in [0.2, 0.25) is 0 Å². The minimum absolute atomic E-state index is 0.0159. The van der Waals surface area contributed by atoms with Crippen LogP contribution in [0.25, 0.3) is 0 Å². The van der Waals surface area contributed by atoms with Gasteiger partial charge < -0.3 is 15.0 Å². The summed E-state index contributed by atoms with van der Waals surface area (Å²) in [6.45, 7) is 1.58. The molecule has 0 atom stereocenters. The maximum absolute atomic E-state index is 12.0. The fourth-order valence-corrected chi connectivity index (χ4v) is 1.87. The van der Waals surface area contributed by atoms with Crippen molar-refractivity contribution in [3.8, 4) is 0 Å². The van der Waals surface area contributed by atoms with E-state index >= 15 is 0 Å². The summed E-state index contributed by atoms with van der Waals surface area (Å²) >= 11 is -0.151. The van der Waals surface area contributed by atoms with E-state index in [4.69, 9.17) is 5.73 Å². The number of esters is 1. The Balaban J connectivity index is 2.78. The van der Waals surface area contributed by atoms with Gasteiger partial charge in [-0.2, -0.15) is 13.2 Å². The number of ether oxygens (including phenoxy) is 1. The lowest BCUT2D eigenvalue weighted by atomic mass is 10.4. The van der Waals surface area contributed by atoms with Gasteiger partial charge in [-0.15, -0.1) is 0 Å². The summed E-state index contributed by atoms with van der Waals surface area (Å²) in [6.07, 6.45) is 0. The maximum atomic E-state index is 12.0. The van der Waals surface area contributed by atoms with Crippen LogP contribution in [0, 0.1) is 6.92 Å². The van der Waals surface area contributed by atoms with E-state index in [2.05, 4.69) is 9.72 Å². The molecule has 0 bridgehead atoms. The lowest BCUT2D eigenvalue weighted by Gasteiger charge is -2.09. The summed E-state index contributed by atoms with van der Waals surface area (Å²) in [5, 5.41) is 0. The Bertz CT molecular complexity index is 445. The second-order valence-electron chi connectivity index (χ2n) is 3.33. The molecule has 1 aromatic rings. The number of imidazole rings is 1. The molecular weight excluding hydrogens is 271 g/mol. The molecule has 1 rings (SSSR count). The predicted molar refractivity (Wildman–Crippen MR) is 61.2 cm³/mol. The first kappa shape index (κ1) is 14.7. The molecule has 5 nitrogen and oxygen atoms in total. The zero-order chi connectivity index (χ0) is 13.9. The Morgan fingerprint density at radius 1 is 1.56 bits per heavy atom. The molecule has 0 aromatic carbocycles. The number of aromatic nitrogens is 2. The molecule has 0 aliphatic heterocycles. The highest BCUT2D eigenvalue weighted by atomic mass is 32.2. The molecule has 0 aliphatic carbocycles. The highest BCUT2D eigenvalue weighted by Gasteiger charge is 2.28. The third-order valence-electron chi connectivity index (χ3n) is 2.16. The van der Waals surface area contributed by atoms with Crippen molar-refractivity contribution in [2.24, 2.45) is 0 Å². The largest absolute Gasteiger partial charge is 0.464 e. The van der Waals surface area contributed by atoms with Crippen LogP contribution in [0.4, 0.5) is 19.0 Å². The third kappa shape index (κ3) is 3.56. The van der Waals surface area contributed by atoms with Crippen LogP contribution in [0.5, 0.6) is 0 Å². The first-order valence-corrected chi connectivity index (χ1v) is 5.86. The van der Waals surface area contributed by atoms with Gasteiger partial charge in [-0.3, -0.25) is 0 Å². The number of halogens is 3. The van der Waals surface area contributed by atoms with Crippen molar-refractivity contribution in [3.05, 3.63) is 11.5 Å². The number of alkyl halides is 3. The lowest BCUT2D eigenvalue weighted by molar-refractivity contribution is -0.0328. The molecule has 1 heterocycles. The number of hydrogen-bond acceptors (Lipinski definition) is 5. The average molecular weight is 283 g/mol. The van der Waals surface area contributed by atoms with Gasteiger partial charge in [0, 0.05) is 12.3 Å². The molecule has 0 fully saturated rings. The van der Waals surface area contributed by atoms with Gasteiger partial charge in [0.25, 0.3) is 0 Å². The highest BCUT2D eigenvalue weighted by Crippen LogP contribution is 2.30. The predicted octanol–water partition coefficient (Wildman–Crippen LogP) is 1.81. The van der Waals surface area contributed by atoms with Gasteiger partial charge >= 0.3 is 11.5 Å². The molecule has 1 aromatic heterocycles. The molecular formula is C9H12F3N3O2S. The second kappa shape index (κ2) is 5.51. The number of carbonyl (C=O) groups excluding carboxylic acids is 1. The zero-order valence-electron chi connectivity index (χ0n) is 9.74. The van der Waals surface area contributed by atoms with E-state index in [0.29, 0.717) is 5.82 Å². The number of nitrogens with two attached hydrogens (primary N) is 1. The molecule has 18 heavy (non-hydrogen) atoms. The van der Waals surface area contributed by atoms with Gasteiger partial charge in [-0.05, 0) is 18.7 Å². The first-order chi connectivity index (χ1) is 8.26. The Morgan fingerprint density at radius 3 is 2.67 bits per heavy atom. The lowest BCUT2D eigenvalue weighted by Crippen LogP contribution is -2.11. The molecule has 0 saturated carbocycles. The van der Waals surface area contributed by atoms with Crippen LogP contribution in [-0.4, -0.2) is 33.9 Å². The normalized spacial score (nSPS) is 11.6. The minimum Gasteiger partial charge on any atom is -0.464 e. The number of hydrogen-bond donors (Lipinski definition) is 1. The van der Waals surface area contributed by atoms with Crippen LogP contribution >= 0.6 is 11.8 Å². The number of carbonyl (C=O) groups is 1. The first-order valence-electron chi connectivity index (χ1n) is 4.88. The van der Waals surface area contributed by atoms with Crippen LogP contribution in [0.15, 0.2) is 0 Å². The van der Waals surface area contributed by atoms with Gasteiger partial charge in [0.2, 0.25) is 0 Å². The van der Waals surface area contributed by atoms with E-state index in [1.807, 2.05) is 0 Å². The second-order valence-corrected chi connectivity index (χ2v) is 4.49. The fraction of sp³-hybridized carbons (Fsp3) is 0.556. The van der Waals surface area contributed by atoms with Gasteiger partial charge in [-0.1, -0.05) is 0 Å². The van der Waals surface area contributed by atoms with E-state index in [9.17, 15) is 18.0 Å². The SMILES string of the molecule is COC(=O)c1nc(C)n(CCSC(F)(F)F)c1N. The number of aryl methyl sites for hydroxylation is 1. The number of rotatable bonds is 4. The highest BCUT2D eigenvalue weighted by molar-refractivity contribution is 8.00. The Morgan fingerprint density at radius 2 is 2.17 bits per heavy atom. The van der Waals surface area contributed by atoms with Crippen LogP contribution < -0.4 is 5.73 Å². The zero-order valence-corrected chi connectivity index (χ0v) is 10.6. The smallest absolute Gasteiger partial charge is 0.441 e. The van der Waals surface area contributed by atoms with Gasteiger partial charge in [-0.25, -0.2) is 9.78 Å². The van der Waals surface area contributed by atoms with E-state index in [1.165, 1.54) is 11.7 Å². The fourth-order valence-electron chi connectivity index (χ4n) is 1.36. The molecule has 0 amide bonds. The van der Waals surface area contributed by atoms with Crippen molar-refractivity contribution < 1.29 is 22.7 Å². The van der Waals surface area contributed by atoms with Crippen LogP contribution in [0.1, 0.15) is 16.3 Å². The van der Waals surface area contributed by atoms with Gasteiger partial charge in [0.1, 0.15) is 11.6 Å². The van der Waals surface area contributed by atoms with E-state index < -0.39 is 11.5 Å². The van der Waals surface area contributed by atoms with E-state index in [-0.39, 0.29) is 35.6 Å². The van der Waals surface area contributed by atoms with Crippen LogP contribution in [0.3, 0.4) is 0 Å². The van der Waals surface area contributed by atoms with Crippen molar-refractivity contribution in [2.45, 2.75) is 19.0 Å². The summed E-state index contributed by atoms with van der Waals surface area (Å²) in [5.41, 5.74) is 1.28. The van der Waals surface area contributed by atoms with E-state index in [1.54, 1.807) is 6.92 Å². The Kier molecular flexibility index (Phi) is 4.49. The average Bonchev–Trinajstić information content (AvgIpc) is 2.54. The maximum Gasteiger partial charge on any atom is 0.441 e. The summed E-state index contributed by atoms with van der Waals surface area (Å²) in [4.78, 5) is 15.1. The number of methoxy groups -OCH3 is 1. The monoisotopic (exact) mass is 283 g/mol. The standard InChI is InChI=1S/C9H12F3N3O2S/c1-5-14-6(8(16)17-2)7(13)15(5)3-4-18-9(10,11)12/h3-4,13H2,1-2H3. The van der Waals surface area contributed by atoms with Crippen molar-refractivity contribution in [1.29, 1.82) is 0 Å². The molecule has 102 valence electrons. The minimum atomic E-state index is -4.28. The number of nitrogen functional groups attached to an aromatic ring is 1.